The summed E-state index contributed by atoms with van der Waals surface area (Å²) in [4.78, 5) is 4.63. The molecule has 6 heteroatoms. The van der Waals surface area contributed by atoms with E-state index in [0.29, 0.717) is 6.26 Å². The van der Waals surface area contributed by atoms with Crippen LogP contribution in [0.2, 0.25) is 0 Å². The smallest absolute Gasteiger partial charge is 0.261 e. The molecule has 1 aliphatic heterocycles. The lowest BCUT2D eigenvalue weighted by Gasteiger charge is -2.17. The van der Waals surface area contributed by atoms with E-state index in [1.54, 1.807) is 0 Å². The first-order chi connectivity index (χ1) is 9.83. The molecule has 0 unspecified atom stereocenters. The van der Waals surface area contributed by atoms with Crippen molar-refractivity contribution in [2.45, 2.75) is 58.3 Å². The fraction of sp³-hybridized carbons (Fsp3) is 0.867. The quantitative estimate of drug-likeness (QED) is 0.522. The van der Waals surface area contributed by atoms with E-state index in [9.17, 15) is 8.42 Å². The lowest BCUT2D eigenvalue weighted by atomic mass is 10.1. The van der Waals surface area contributed by atoms with Crippen molar-refractivity contribution in [2.24, 2.45) is 0 Å². The molecule has 0 fully saturated rings. The maximum Gasteiger partial charge on any atom is 0.261 e. The second-order valence-electron chi connectivity index (χ2n) is 5.72. The van der Waals surface area contributed by atoms with Crippen LogP contribution in [0.3, 0.4) is 0 Å². The molecule has 5 nitrogen and oxygen atoms in total. The second-order valence-corrected chi connectivity index (χ2v) is 7.18. The first-order valence-corrected chi connectivity index (χ1v) is 9.73. The van der Waals surface area contributed by atoms with Gasteiger partial charge in [0.05, 0.1) is 12.9 Å². The molecule has 0 aromatic heterocycles. The molecule has 0 radical (unpaired) electrons. The summed E-state index contributed by atoms with van der Waals surface area (Å²) in [6.07, 6.45) is 16.4. The second kappa shape index (κ2) is 11.9. The average Bonchev–Trinajstić information content (AvgIpc) is 2.76. The van der Waals surface area contributed by atoms with Gasteiger partial charge in [-0.25, -0.2) is 0 Å². The average molecular weight is 320 g/mol. The molecule has 1 rings (SSSR count). The van der Waals surface area contributed by atoms with Crippen LogP contribution < -0.4 is 0 Å². The van der Waals surface area contributed by atoms with Crippen molar-refractivity contribution in [1.29, 1.82) is 0 Å². The maximum atomic E-state index is 9.19. The zero-order valence-corrected chi connectivity index (χ0v) is 14.6. The van der Waals surface area contributed by atoms with Crippen LogP contribution >= 0.6 is 0 Å². The summed E-state index contributed by atoms with van der Waals surface area (Å²) < 4.78 is 25.9. The highest BCUT2D eigenvalue weighted by Gasteiger charge is 2.06. The molecule has 0 aromatic rings. The van der Waals surface area contributed by atoms with Gasteiger partial charge >= 0.3 is 0 Å². The van der Waals surface area contributed by atoms with Crippen LogP contribution in [0.15, 0.2) is 12.4 Å². The molecule has 0 atom stereocenters. The molecule has 0 aromatic carbocycles. The first-order valence-electron chi connectivity index (χ1n) is 7.88. The summed E-state index contributed by atoms with van der Waals surface area (Å²) in [5.74, 6) is 0. The van der Waals surface area contributed by atoms with Gasteiger partial charge in [0.15, 0.2) is 0 Å². The fourth-order valence-corrected chi connectivity index (χ4v) is 2.18. The van der Waals surface area contributed by atoms with Gasteiger partial charge < -0.3 is 9.80 Å². The molecular weight excluding hydrogens is 288 g/mol. The van der Waals surface area contributed by atoms with Crippen LogP contribution in [0, 0.1) is 0 Å². The van der Waals surface area contributed by atoms with E-state index in [2.05, 4.69) is 36.2 Å². The Kier molecular flexibility index (Phi) is 11.4. The Morgan fingerprint density at radius 1 is 1.00 bits per heavy atom. The third-order valence-electron chi connectivity index (χ3n) is 3.24. The summed E-state index contributed by atoms with van der Waals surface area (Å²) in [5, 5.41) is 0. The molecule has 126 valence electrons. The number of nitrogens with zero attached hydrogens (tertiary/aromatic N) is 2. The van der Waals surface area contributed by atoms with Gasteiger partial charge in [-0.05, 0) is 6.42 Å². The molecule has 21 heavy (non-hydrogen) atoms. The third kappa shape index (κ3) is 17.2. The third-order valence-corrected chi connectivity index (χ3v) is 3.24. The van der Waals surface area contributed by atoms with Crippen LogP contribution in [-0.4, -0.2) is 49.3 Å². The van der Waals surface area contributed by atoms with E-state index in [-0.39, 0.29) is 0 Å². The Hall–Kier alpha value is -0.750. The van der Waals surface area contributed by atoms with E-state index in [1.165, 1.54) is 57.9 Å². The Morgan fingerprint density at radius 3 is 1.90 bits per heavy atom. The monoisotopic (exact) mass is 320 g/mol. The standard InChI is InChI=1S/C14H28N2.CH4O3S/c1-3-4-5-6-7-8-9-10-11-16-13-12-15(2)14-16;1-5(2,3)4/h12-13H,3-11,14H2,1-2H3;1H3,(H,2,3,4). The van der Waals surface area contributed by atoms with Crippen molar-refractivity contribution in [2.75, 3.05) is 26.5 Å². The van der Waals surface area contributed by atoms with E-state index < -0.39 is 10.1 Å². The van der Waals surface area contributed by atoms with E-state index in [0.717, 1.165) is 6.67 Å². The predicted molar refractivity (Wildman–Crippen MR) is 88.6 cm³/mol. The summed E-state index contributed by atoms with van der Waals surface area (Å²) in [7, 11) is -1.54. The van der Waals surface area contributed by atoms with Gasteiger partial charge in [-0.1, -0.05) is 51.9 Å². The lowest BCUT2D eigenvalue weighted by molar-refractivity contribution is 0.290. The van der Waals surface area contributed by atoms with Crippen molar-refractivity contribution in [3.05, 3.63) is 12.4 Å². The van der Waals surface area contributed by atoms with Gasteiger partial charge in [0.1, 0.15) is 0 Å². The molecule has 0 spiro atoms. The van der Waals surface area contributed by atoms with Gasteiger partial charge in [0, 0.05) is 26.0 Å². The highest BCUT2D eigenvalue weighted by molar-refractivity contribution is 7.85. The van der Waals surface area contributed by atoms with Crippen LogP contribution in [0.4, 0.5) is 0 Å². The predicted octanol–water partition coefficient (Wildman–Crippen LogP) is 3.31. The van der Waals surface area contributed by atoms with Crippen molar-refractivity contribution >= 4 is 10.1 Å². The number of rotatable bonds is 9. The van der Waals surface area contributed by atoms with Crippen LogP contribution in [0.5, 0.6) is 0 Å². The first kappa shape index (κ1) is 20.2. The van der Waals surface area contributed by atoms with E-state index in [4.69, 9.17) is 4.55 Å². The number of unbranched alkanes of at least 4 members (excludes halogenated alkanes) is 7. The highest BCUT2D eigenvalue weighted by Crippen LogP contribution is 2.10. The molecule has 0 aliphatic carbocycles. The van der Waals surface area contributed by atoms with Crippen molar-refractivity contribution in [3.63, 3.8) is 0 Å². The molecule has 1 N–H and O–H groups in total. The summed E-state index contributed by atoms with van der Waals surface area (Å²) in [5.41, 5.74) is 0. The molecule has 0 saturated carbocycles. The normalized spacial score (nSPS) is 14.3. The molecular formula is C15H32N2O3S. The Morgan fingerprint density at radius 2 is 1.48 bits per heavy atom. The minimum absolute atomic E-state index is 0.715. The number of hydrogen-bond donors (Lipinski definition) is 1. The van der Waals surface area contributed by atoms with Crippen molar-refractivity contribution in [3.8, 4) is 0 Å². The number of hydrogen-bond acceptors (Lipinski definition) is 4. The molecule has 1 heterocycles. The molecule has 1 aliphatic rings. The van der Waals surface area contributed by atoms with Gasteiger partial charge in [0.25, 0.3) is 10.1 Å². The summed E-state index contributed by atoms with van der Waals surface area (Å²) in [6, 6.07) is 0. The minimum atomic E-state index is -3.67. The van der Waals surface area contributed by atoms with Crippen molar-refractivity contribution < 1.29 is 13.0 Å². The van der Waals surface area contributed by atoms with Crippen molar-refractivity contribution in [1.82, 2.24) is 9.80 Å². The SMILES string of the molecule is CCCCCCCCCCN1C=CN(C)C1.CS(=O)(=O)O. The van der Waals surface area contributed by atoms with E-state index >= 15 is 0 Å². The van der Waals surface area contributed by atoms with E-state index in [1.807, 2.05) is 0 Å². The van der Waals surface area contributed by atoms with Crippen LogP contribution in [-0.2, 0) is 10.1 Å². The Balaban J connectivity index is 0.000000690. The van der Waals surface area contributed by atoms with Gasteiger partial charge in [-0.3, -0.25) is 4.55 Å². The molecule has 0 amide bonds. The van der Waals surface area contributed by atoms with Gasteiger partial charge in [-0.15, -0.1) is 0 Å². The minimum Gasteiger partial charge on any atom is -0.362 e. The largest absolute Gasteiger partial charge is 0.362 e. The van der Waals surface area contributed by atoms with Crippen LogP contribution in [0.1, 0.15) is 58.3 Å². The fourth-order valence-electron chi connectivity index (χ4n) is 2.18. The Bertz CT molecular complexity index is 361. The lowest BCUT2D eigenvalue weighted by Crippen LogP contribution is -2.23. The van der Waals surface area contributed by atoms with Gasteiger partial charge in [0.2, 0.25) is 0 Å². The molecule has 0 saturated heterocycles. The summed E-state index contributed by atoms with van der Waals surface area (Å²) >= 11 is 0. The Labute approximate surface area is 130 Å². The maximum absolute atomic E-state index is 9.19. The topological polar surface area (TPSA) is 60.9 Å². The summed E-state index contributed by atoms with van der Waals surface area (Å²) in [6.45, 7) is 4.59. The molecule has 0 bridgehead atoms. The van der Waals surface area contributed by atoms with Crippen LogP contribution in [0.25, 0.3) is 0 Å². The zero-order valence-electron chi connectivity index (χ0n) is 13.8. The van der Waals surface area contributed by atoms with Gasteiger partial charge in [-0.2, -0.15) is 8.42 Å². The zero-order chi connectivity index (χ0) is 16.1. The highest BCUT2D eigenvalue weighted by atomic mass is 32.2.